The van der Waals surface area contributed by atoms with Crippen LogP contribution in [0.4, 0.5) is 0 Å². The Morgan fingerprint density at radius 1 is 1.19 bits per heavy atom. The van der Waals surface area contributed by atoms with E-state index in [0.717, 1.165) is 11.1 Å². The fraction of sp³-hybridized carbons (Fsp3) is 0.0714. The van der Waals surface area contributed by atoms with Crippen LogP contribution in [0.3, 0.4) is 0 Å². The van der Waals surface area contributed by atoms with Gasteiger partial charge in [-0.2, -0.15) is 0 Å². The number of hydrogen-bond donors (Lipinski definition) is 1. The molecule has 2 nitrogen and oxygen atoms in total. The van der Waals surface area contributed by atoms with E-state index in [1.807, 2.05) is 36.4 Å². The maximum absolute atomic E-state index is 10.7. The standard InChI is InChI=1S/C14H12O2/c15-14(16)13-8-6-12(7-9-13)10-11-4-2-1-3-5-11/h1-6,8-10H,7H2,(H,15,16). The molecule has 80 valence electrons. The molecule has 0 aliphatic heterocycles. The van der Waals surface area contributed by atoms with Crippen molar-refractivity contribution < 1.29 is 9.90 Å². The molecule has 0 bridgehead atoms. The summed E-state index contributed by atoms with van der Waals surface area (Å²) in [5.74, 6) is -0.866. The molecule has 0 spiro atoms. The summed E-state index contributed by atoms with van der Waals surface area (Å²) in [7, 11) is 0. The average Bonchev–Trinajstić information content (AvgIpc) is 2.31. The van der Waals surface area contributed by atoms with Crippen molar-refractivity contribution in [1.82, 2.24) is 0 Å². The highest BCUT2D eigenvalue weighted by molar-refractivity contribution is 5.90. The van der Waals surface area contributed by atoms with Crippen molar-refractivity contribution in [3.8, 4) is 0 Å². The Morgan fingerprint density at radius 2 is 1.94 bits per heavy atom. The minimum atomic E-state index is -0.866. The molecule has 1 aliphatic rings. The number of benzene rings is 1. The van der Waals surface area contributed by atoms with Crippen LogP contribution in [0, 0.1) is 0 Å². The smallest absolute Gasteiger partial charge is 0.335 e. The maximum Gasteiger partial charge on any atom is 0.335 e. The number of carbonyl (C=O) groups is 1. The molecule has 0 saturated heterocycles. The molecule has 1 N–H and O–H groups in total. The second kappa shape index (κ2) is 4.62. The van der Waals surface area contributed by atoms with E-state index in [1.54, 1.807) is 12.2 Å². The van der Waals surface area contributed by atoms with Gasteiger partial charge in [-0.3, -0.25) is 0 Å². The zero-order chi connectivity index (χ0) is 11.4. The highest BCUT2D eigenvalue weighted by Crippen LogP contribution is 2.18. The topological polar surface area (TPSA) is 37.3 Å². The van der Waals surface area contributed by atoms with Gasteiger partial charge in [-0.15, -0.1) is 0 Å². The lowest BCUT2D eigenvalue weighted by atomic mass is 10.0. The van der Waals surface area contributed by atoms with Gasteiger partial charge in [-0.25, -0.2) is 4.79 Å². The third kappa shape index (κ3) is 2.48. The maximum atomic E-state index is 10.7. The number of carboxylic acids is 1. The van der Waals surface area contributed by atoms with E-state index in [1.165, 1.54) is 0 Å². The Balaban J connectivity index is 2.14. The summed E-state index contributed by atoms with van der Waals surface area (Å²) in [5, 5.41) is 8.78. The minimum absolute atomic E-state index is 0.366. The van der Waals surface area contributed by atoms with E-state index in [-0.39, 0.29) is 0 Å². The van der Waals surface area contributed by atoms with Crippen LogP contribution in [0.15, 0.2) is 59.7 Å². The summed E-state index contributed by atoms with van der Waals surface area (Å²) in [6, 6.07) is 9.99. The van der Waals surface area contributed by atoms with E-state index in [2.05, 4.69) is 6.08 Å². The summed E-state index contributed by atoms with van der Waals surface area (Å²) >= 11 is 0. The lowest BCUT2D eigenvalue weighted by Crippen LogP contribution is -2.00. The van der Waals surface area contributed by atoms with Crippen LogP contribution >= 0.6 is 0 Å². The van der Waals surface area contributed by atoms with Crippen LogP contribution < -0.4 is 0 Å². The van der Waals surface area contributed by atoms with Gasteiger partial charge in [0, 0.05) is 0 Å². The van der Waals surface area contributed by atoms with Gasteiger partial charge in [0.05, 0.1) is 5.57 Å². The first-order valence-electron chi connectivity index (χ1n) is 5.13. The number of hydrogen-bond acceptors (Lipinski definition) is 1. The van der Waals surface area contributed by atoms with Crippen molar-refractivity contribution in [2.24, 2.45) is 0 Å². The number of allylic oxidation sites excluding steroid dienone is 3. The molecule has 0 unspecified atom stereocenters. The fourth-order valence-corrected chi connectivity index (χ4v) is 1.59. The van der Waals surface area contributed by atoms with Gasteiger partial charge in [0.15, 0.2) is 0 Å². The van der Waals surface area contributed by atoms with Crippen LogP contribution in [0.2, 0.25) is 0 Å². The van der Waals surface area contributed by atoms with Gasteiger partial charge in [-0.05, 0) is 23.6 Å². The van der Waals surface area contributed by atoms with Gasteiger partial charge < -0.3 is 5.11 Å². The first kappa shape index (κ1) is 10.4. The molecule has 2 rings (SSSR count). The van der Waals surface area contributed by atoms with E-state index >= 15 is 0 Å². The monoisotopic (exact) mass is 212 g/mol. The quantitative estimate of drug-likeness (QED) is 0.818. The molecule has 1 aromatic carbocycles. The van der Waals surface area contributed by atoms with E-state index < -0.39 is 5.97 Å². The first-order valence-corrected chi connectivity index (χ1v) is 5.13. The molecule has 0 atom stereocenters. The Bertz CT molecular complexity index is 479. The predicted molar refractivity (Wildman–Crippen MR) is 63.9 cm³/mol. The van der Waals surface area contributed by atoms with Crippen LogP contribution in [-0.2, 0) is 4.79 Å². The average molecular weight is 212 g/mol. The summed E-state index contributed by atoms with van der Waals surface area (Å²) in [4.78, 5) is 10.7. The lowest BCUT2D eigenvalue weighted by molar-refractivity contribution is -0.132. The number of rotatable bonds is 2. The Morgan fingerprint density at radius 3 is 2.50 bits per heavy atom. The summed E-state index contributed by atoms with van der Waals surface area (Å²) in [6.45, 7) is 0. The molecule has 16 heavy (non-hydrogen) atoms. The molecule has 0 amide bonds. The van der Waals surface area contributed by atoms with Gasteiger partial charge in [0.25, 0.3) is 0 Å². The number of carboxylic acid groups (broad SMARTS) is 1. The summed E-state index contributed by atoms with van der Waals surface area (Å²) < 4.78 is 0. The van der Waals surface area contributed by atoms with Crippen LogP contribution in [0.5, 0.6) is 0 Å². The molecule has 0 fully saturated rings. The molecular weight excluding hydrogens is 200 g/mol. The largest absolute Gasteiger partial charge is 0.478 e. The number of aliphatic carboxylic acids is 1. The van der Waals surface area contributed by atoms with E-state index in [4.69, 9.17) is 5.11 Å². The van der Waals surface area contributed by atoms with Crippen molar-refractivity contribution in [2.45, 2.75) is 6.42 Å². The van der Waals surface area contributed by atoms with Gasteiger partial charge >= 0.3 is 5.97 Å². The van der Waals surface area contributed by atoms with Gasteiger partial charge in [-0.1, -0.05) is 48.6 Å². The Labute approximate surface area is 94.2 Å². The van der Waals surface area contributed by atoms with Crippen molar-refractivity contribution in [1.29, 1.82) is 0 Å². The Hall–Kier alpha value is -2.09. The van der Waals surface area contributed by atoms with E-state index in [0.29, 0.717) is 12.0 Å². The van der Waals surface area contributed by atoms with Gasteiger partial charge in [0.2, 0.25) is 0 Å². The summed E-state index contributed by atoms with van der Waals surface area (Å²) in [5.41, 5.74) is 2.62. The Kier molecular flexibility index (Phi) is 3.01. The van der Waals surface area contributed by atoms with Crippen molar-refractivity contribution >= 4 is 12.0 Å². The van der Waals surface area contributed by atoms with Crippen molar-refractivity contribution in [3.05, 3.63) is 65.3 Å². The molecule has 2 heteroatoms. The predicted octanol–water partition coefficient (Wildman–Crippen LogP) is 3.04. The second-order valence-electron chi connectivity index (χ2n) is 3.63. The molecule has 0 heterocycles. The molecular formula is C14H12O2. The fourth-order valence-electron chi connectivity index (χ4n) is 1.59. The third-order valence-corrected chi connectivity index (χ3v) is 2.43. The van der Waals surface area contributed by atoms with Gasteiger partial charge in [0.1, 0.15) is 0 Å². The second-order valence-corrected chi connectivity index (χ2v) is 3.63. The normalized spacial score (nSPS) is 17.2. The van der Waals surface area contributed by atoms with Crippen LogP contribution in [0.25, 0.3) is 6.08 Å². The zero-order valence-electron chi connectivity index (χ0n) is 8.76. The zero-order valence-corrected chi connectivity index (χ0v) is 8.76. The van der Waals surface area contributed by atoms with Crippen LogP contribution in [-0.4, -0.2) is 11.1 Å². The molecule has 0 radical (unpaired) electrons. The first-order chi connectivity index (χ1) is 7.75. The van der Waals surface area contributed by atoms with E-state index in [9.17, 15) is 4.79 Å². The SMILES string of the molecule is O=C(O)C1=CCC(=Cc2ccccc2)C=C1. The van der Waals surface area contributed by atoms with Crippen molar-refractivity contribution in [3.63, 3.8) is 0 Å². The minimum Gasteiger partial charge on any atom is -0.478 e. The molecule has 0 aromatic heterocycles. The molecule has 1 aromatic rings. The van der Waals surface area contributed by atoms with Crippen molar-refractivity contribution in [2.75, 3.05) is 0 Å². The summed E-state index contributed by atoms with van der Waals surface area (Å²) in [6.07, 6.45) is 7.97. The molecule has 0 saturated carbocycles. The highest BCUT2D eigenvalue weighted by atomic mass is 16.4. The third-order valence-electron chi connectivity index (χ3n) is 2.43. The lowest BCUT2D eigenvalue weighted by Gasteiger charge is -2.05. The highest BCUT2D eigenvalue weighted by Gasteiger charge is 2.07. The van der Waals surface area contributed by atoms with Crippen LogP contribution in [0.1, 0.15) is 12.0 Å². The molecule has 1 aliphatic carbocycles.